The number of fused-ring (bicyclic) bond motifs is 1. The lowest BCUT2D eigenvalue weighted by molar-refractivity contribution is -0.163. The van der Waals surface area contributed by atoms with Crippen LogP contribution in [0.4, 0.5) is 0 Å². The van der Waals surface area contributed by atoms with Crippen molar-refractivity contribution < 1.29 is 33.7 Å². The lowest BCUT2D eigenvalue weighted by atomic mass is 9.62. The van der Waals surface area contributed by atoms with Gasteiger partial charge in [0.1, 0.15) is 17.6 Å². The van der Waals surface area contributed by atoms with Gasteiger partial charge in [-0.3, -0.25) is 19.3 Å². The molecule has 5 rings (SSSR count). The Morgan fingerprint density at radius 2 is 1.98 bits per heavy atom. The number of carbonyl (C=O) groups excluding carboxylic acids is 3. The van der Waals surface area contributed by atoms with Crippen molar-refractivity contribution in [2.75, 3.05) is 59.2 Å². The van der Waals surface area contributed by atoms with Crippen molar-refractivity contribution in [3.63, 3.8) is 0 Å². The number of esters is 1. The van der Waals surface area contributed by atoms with Crippen LogP contribution in [-0.4, -0.2) is 114 Å². The van der Waals surface area contributed by atoms with Crippen molar-refractivity contribution in [2.45, 2.75) is 50.5 Å². The van der Waals surface area contributed by atoms with E-state index in [0.717, 1.165) is 13.1 Å². The number of ether oxygens (including phenoxy) is 3. The number of nitrogens with zero attached hydrogens (tertiary/aromatic N) is 3. The standard InChI is InChI=1S/C31H43N3O7/c1-5-12-33(14-13-32-15-17-39-18-16-32)28(37)26-31-19-21(3)30(4,41-31)25(29(38)40-6-2)24(31)27(36)34(26)23(20-35)22-10-8-7-9-11-22/h5,7-11,21,23-26,35H,1,6,12-20H2,2-4H3/t21?,23-,24+,25-,26?,30+,31?/m1/s1. The molecule has 0 aromatic heterocycles. The minimum absolute atomic E-state index is 0.0956. The first kappa shape index (κ1) is 29.7. The minimum atomic E-state index is -1.22. The zero-order valence-electron chi connectivity index (χ0n) is 24.4. The summed E-state index contributed by atoms with van der Waals surface area (Å²) in [5.74, 6) is -2.93. The summed E-state index contributed by atoms with van der Waals surface area (Å²) >= 11 is 0. The summed E-state index contributed by atoms with van der Waals surface area (Å²) < 4.78 is 17.8. The number of carbonyl (C=O) groups is 3. The van der Waals surface area contributed by atoms with E-state index >= 15 is 0 Å². The summed E-state index contributed by atoms with van der Waals surface area (Å²) in [5, 5.41) is 10.7. The number of hydrogen-bond acceptors (Lipinski definition) is 8. The maximum Gasteiger partial charge on any atom is 0.312 e. The van der Waals surface area contributed by atoms with Gasteiger partial charge in [0.15, 0.2) is 0 Å². The van der Waals surface area contributed by atoms with Gasteiger partial charge in [-0.05, 0) is 31.7 Å². The quantitative estimate of drug-likeness (QED) is 0.317. The average molecular weight is 570 g/mol. The number of likely N-dealkylation sites (tertiary alicyclic amines) is 1. The smallest absolute Gasteiger partial charge is 0.312 e. The lowest BCUT2D eigenvalue weighted by Crippen LogP contribution is -2.58. The maximum atomic E-state index is 14.7. The van der Waals surface area contributed by atoms with Crippen molar-refractivity contribution in [1.29, 1.82) is 0 Å². The molecule has 1 N–H and O–H groups in total. The van der Waals surface area contributed by atoms with Crippen molar-refractivity contribution in [3.8, 4) is 0 Å². The second kappa shape index (κ2) is 11.8. The highest BCUT2D eigenvalue weighted by Gasteiger charge is 2.80. The van der Waals surface area contributed by atoms with Gasteiger partial charge in [-0.1, -0.05) is 43.3 Å². The zero-order chi connectivity index (χ0) is 29.4. The van der Waals surface area contributed by atoms with Gasteiger partial charge in [0.05, 0.1) is 44.0 Å². The second-order valence-electron chi connectivity index (χ2n) is 11.8. The van der Waals surface area contributed by atoms with Gasteiger partial charge in [0.2, 0.25) is 11.8 Å². The Bertz CT molecular complexity index is 1140. The van der Waals surface area contributed by atoms with Gasteiger partial charge in [0.25, 0.3) is 0 Å². The molecule has 0 radical (unpaired) electrons. The highest BCUT2D eigenvalue weighted by molar-refractivity contribution is 5.99. The molecule has 7 atom stereocenters. The first-order valence-corrected chi connectivity index (χ1v) is 14.8. The third-order valence-electron chi connectivity index (χ3n) is 9.67. The van der Waals surface area contributed by atoms with E-state index in [-0.39, 0.29) is 30.9 Å². The van der Waals surface area contributed by atoms with Crippen LogP contribution in [0.5, 0.6) is 0 Å². The van der Waals surface area contributed by atoms with E-state index in [1.165, 1.54) is 4.90 Å². The van der Waals surface area contributed by atoms with Crippen LogP contribution in [0.15, 0.2) is 43.0 Å². The molecule has 1 aromatic carbocycles. The molecule has 10 nitrogen and oxygen atoms in total. The Kier molecular flexibility index (Phi) is 8.57. The van der Waals surface area contributed by atoms with Crippen LogP contribution < -0.4 is 0 Å². The molecule has 41 heavy (non-hydrogen) atoms. The van der Waals surface area contributed by atoms with Gasteiger partial charge in [-0.2, -0.15) is 0 Å². The van der Waals surface area contributed by atoms with Gasteiger partial charge < -0.3 is 29.1 Å². The fourth-order valence-corrected chi connectivity index (χ4v) is 7.62. The van der Waals surface area contributed by atoms with Crippen molar-refractivity contribution in [1.82, 2.24) is 14.7 Å². The monoisotopic (exact) mass is 569 g/mol. The molecule has 4 saturated heterocycles. The summed E-state index contributed by atoms with van der Waals surface area (Å²) in [5.41, 5.74) is -1.46. The summed E-state index contributed by atoms with van der Waals surface area (Å²) in [6.45, 7) is 13.6. The van der Waals surface area contributed by atoms with Crippen molar-refractivity contribution in [3.05, 3.63) is 48.6 Å². The van der Waals surface area contributed by atoms with Crippen molar-refractivity contribution in [2.24, 2.45) is 17.8 Å². The van der Waals surface area contributed by atoms with Gasteiger partial charge in [0, 0.05) is 32.7 Å². The number of hydrogen-bond donors (Lipinski definition) is 1. The first-order chi connectivity index (χ1) is 19.7. The predicted octanol–water partition coefficient (Wildman–Crippen LogP) is 1.64. The Labute approximate surface area is 242 Å². The summed E-state index contributed by atoms with van der Waals surface area (Å²) in [6, 6.07) is 7.42. The van der Waals surface area contributed by atoms with E-state index in [4.69, 9.17) is 14.2 Å². The van der Waals surface area contributed by atoms with Gasteiger partial charge in [-0.25, -0.2) is 0 Å². The molecule has 4 heterocycles. The van der Waals surface area contributed by atoms with Crippen LogP contribution in [0.25, 0.3) is 0 Å². The first-order valence-electron chi connectivity index (χ1n) is 14.8. The number of amides is 2. The number of benzene rings is 1. The normalized spacial score (nSPS) is 33.5. The lowest BCUT2D eigenvalue weighted by Gasteiger charge is -2.40. The molecule has 224 valence electrons. The largest absolute Gasteiger partial charge is 0.466 e. The zero-order valence-corrected chi connectivity index (χ0v) is 24.4. The highest BCUT2D eigenvalue weighted by Crippen LogP contribution is 2.66. The van der Waals surface area contributed by atoms with Crippen LogP contribution in [0, 0.1) is 17.8 Å². The Balaban J connectivity index is 1.57. The van der Waals surface area contributed by atoms with Crippen molar-refractivity contribution >= 4 is 17.8 Å². The molecular formula is C31H43N3O7. The third kappa shape index (κ3) is 4.88. The Morgan fingerprint density at radius 1 is 1.27 bits per heavy atom. The summed E-state index contributed by atoms with van der Waals surface area (Å²) in [7, 11) is 0. The number of rotatable bonds is 11. The summed E-state index contributed by atoms with van der Waals surface area (Å²) in [4.78, 5) is 48.2. The Morgan fingerprint density at radius 3 is 2.61 bits per heavy atom. The van der Waals surface area contributed by atoms with E-state index in [9.17, 15) is 19.5 Å². The molecule has 1 aromatic rings. The molecule has 1 spiro atoms. The predicted molar refractivity (Wildman–Crippen MR) is 151 cm³/mol. The molecule has 2 bridgehead atoms. The fourth-order valence-electron chi connectivity index (χ4n) is 7.62. The van der Waals surface area contributed by atoms with Crippen LogP contribution in [0.3, 0.4) is 0 Å². The molecule has 4 aliphatic rings. The van der Waals surface area contributed by atoms with Gasteiger partial charge in [-0.15, -0.1) is 6.58 Å². The highest BCUT2D eigenvalue weighted by atomic mass is 16.6. The molecule has 0 aliphatic carbocycles. The van der Waals surface area contributed by atoms with Crippen LogP contribution in [0.1, 0.15) is 38.8 Å². The van der Waals surface area contributed by atoms with E-state index in [2.05, 4.69) is 11.5 Å². The van der Waals surface area contributed by atoms with Crippen LogP contribution in [0.2, 0.25) is 0 Å². The molecule has 0 saturated carbocycles. The number of aliphatic hydroxyl groups excluding tert-OH is 1. The molecule has 10 heteroatoms. The molecule has 4 aliphatic heterocycles. The van der Waals surface area contributed by atoms with E-state index < -0.39 is 41.1 Å². The van der Waals surface area contributed by atoms with Gasteiger partial charge >= 0.3 is 5.97 Å². The Hall–Kier alpha value is -2.79. The van der Waals surface area contributed by atoms with E-state index in [1.54, 1.807) is 17.9 Å². The third-order valence-corrected chi connectivity index (χ3v) is 9.67. The summed E-state index contributed by atoms with van der Waals surface area (Å²) in [6.07, 6.45) is 2.13. The molecule has 3 unspecified atom stereocenters. The second-order valence-corrected chi connectivity index (χ2v) is 11.8. The molecular weight excluding hydrogens is 526 g/mol. The maximum absolute atomic E-state index is 14.7. The molecule has 4 fully saturated rings. The number of aliphatic hydroxyl groups is 1. The SMILES string of the molecule is C=CCN(CCN1CCOCC1)C(=O)C1N([C@H](CO)c2ccccc2)C(=O)[C@@H]2[C@H](C(=O)OCC)[C@@]3(C)OC12CC3C. The fraction of sp³-hybridized carbons (Fsp3) is 0.645. The van der Waals surface area contributed by atoms with Crippen LogP contribution in [-0.2, 0) is 28.6 Å². The minimum Gasteiger partial charge on any atom is -0.466 e. The number of morpholine rings is 1. The topological polar surface area (TPSA) is 109 Å². The van der Waals surface area contributed by atoms with E-state index in [1.807, 2.05) is 44.2 Å². The molecule has 2 amide bonds. The average Bonchev–Trinajstić information content (AvgIpc) is 3.49. The van der Waals surface area contributed by atoms with E-state index in [0.29, 0.717) is 44.8 Å². The van der Waals surface area contributed by atoms with Crippen LogP contribution >= 0.6 is 0 Å².